The zero-order valence-corrected chi connectivity index (χ0v) is 14.3. The van der Waals surface area contributed by atoms with E-state index in [1.165, 1.54) is 33.7 Å². The first-order valence-corrected chi connectivity index (χ1v) is 9.38. The standard InChI is InChI=1S/C17H19N3S2/c1-2-8-20-9-7-11-14(10-20)21-16(18)15(11)17-19-12-5-3-4-6-13(12)22-17/h3-6H,2,7-10,18H2,1H3. The highest BCUT2D eigenvalue weighted by molar-refractivity contribution is 7.22. The van der Waals surface area contributed by atoms with Crippen molar-refractivity contribution >= 4 is 37.9 Å². The molecule has 3 nitrogen and oxygen atoms in total. The van der Waals surface area contributed by atoms with Crippen LogP contribution in [0.5, 0.6) is 0 Å². The molecule has 4 rings (SSSR count). The molecule has 0 bridgehead atoms. The quantitative estimate of drug-likeness (QED) is 0.775. The molecule has 0 saturated carbocycles. The van der Waals surface area contributed by atoms with Gasteiger partial charge in [-0.15, -0.1) is 22.7 Å². The summed E-state index contributed by atoms with van der Waals surface area (Å²) in [6.45, 7) is 5.59. The number of fused-ring (bicyclic) bond motifs is 2. The molecule has 2 N–H and O–H groups in total. The number of nitrogen functional groups attached to an aromatic ring is 1. The van der Waals surface area contributed by atoms with Crippen molar-refractivity contribution in [3.8, 4) is 10.6 Å². The molecule has 0 fully saturated rings. The summed E-state index contributed by atoms with van der Waals surface area (Å²) in [5.74, 6) is 0. The molecule has 0 unspecified atom stereocenters. The first-order chi connectivity index (χ1) is 10.8. The van der Waals surface area contributed by atoms with Crippen LogP contribution in [-0.2, 0) is 13.0 Å². The Morgan fingerprint density at radius 3 is 2.95 bits per heavy atom. The van der Waals surface area contributed by atoms with Gasteiger partial charge in [-0.05, 0) is 37.1 Å². The smallest absolute Gasteiger partial charge is 0.127 e. The minimum Gasteiger partial charge on any atom is -0.390 e. The highest BCUT2D eigenvalue weighted by Crippen LogP contribution is 2.43. The molecule has 0 saturated heterocycles. The number of nitrogens with zero attached hydrogens (tertiary/aromatic N) is 2. The van der Waals surface area contributed by atoms with Gasteiger partial charge >= 0.3 is 0 Å². The van der Waals surface area contributed by atoms with Crippen molar-refractivity contribution in [1.29, 1.82) is 0 Å². The number of para-hydroxylation sites is 1. The highest BCUT2D eigenvalue weighted by Gasteiger charge is 2.25. The van der Waals surface area contributed by atoms with Gasteiger partial charge in [0.1, 0.15) is 5.01 Å². The van der Waals surface area contributed by atoms with Crippen LogP contribution in [0.3, 0.4) is 0 Å². The molecule has 5 heteroatoms. The fraction of sp³-hybridized carbons (Fsp3) is 0.353. The molecular formula is C17H19N3S2. The van der Waals surface area contributed by atoms with Crippen LogP contribution in [0.2, 0.25) is 0 Å². The van der Waals surface area contributed by atoms with Crippen LogP contribution in [0, 0.1) is 0 Å². The number of nitrogens with two attached hydrogens (primary N) is 1. The van der Waals surface area contributed by atoms with Gasteiger partial charge in [-0.3, -0.25) is 4.90 Å². The fourth-order valence-electron chi connectivity index (χ4n) is 3.20. The van der Waals surface area contributed by atoms with E-state index in [9.17, 15) is 0 Å². The molecule has 0 aliphatic carbocycles. The molecule has 1 aromatic carbocycles. The van der Waals surface area contributed by atoms with Crippen LogP contribution in [0.15, 0.2) is 24.3 Å². The first kappa shape index (κ1) is 14.2. The predicted molar refractivity (Wildman–Crippen MR) is 96.6 cm³/mol. The van der Waals surface area contributed by atoms with E-state index in [2.05, 4.69) is 30.0 Å². The number of thiophene rings is 1. The molecule has 22 heavy (non-hydrogen) atoms. The maximum Gasteiger partial charge on any atom is 0.127 e. The first-order valence-electron chi connectivity index (χ1n) is 7.74. The van der Waals surface area contributed by atoms with Gasteiger partial charge in [0.2, 0.25) is 0 Å². The molecule has 3 aromatic rings. The predicted octanol–water partition coefficient (Wildman–Crippen LogP) is 4.38. The zero-order chi connectivity index (χ0) is 15.1. The van der Waals surface area contributed by atoms with E-state index in [1.54, 1.807) is 22.7 Å². The van der Waals surface area contributed by atoms with E-state index in [-0.39, 0.29) is 0 Å². The molecule has 0 spiro atoms. The number of hydrogen-bond acceptors (Lipinski definition) is 5. The van der Waals surface area contributed by atoms with Crippen molar-refractivity contribution in [1.82, 2.24) is 9.88 Å². The molecule has 0 amide bonds. The maximum atomic E-state index is 6.36. The van der Waals surface area contributed by atoms with Crippen molar-refractivity contribution in [3.05, 3.63) is 34.7 Å². The molecular weight excluding hydrogens is 310 g/mol. The fourth-order valence-corrected chi connectivity index (χ4v) is 5.48. The average Bonchev–Trinajstić information content (AvgIpc) is 3.06. The van der Waals surface area contributed by atoms with Gasteiger partial charge in [-0.1, -0.05) is 19.1 Å². The topological polar surface area (TPSA) is 42.1 Å². The summed E-state index contributed by atoms with van der Waals surface area (Å²) in [7, 11) is 0. The van der Waals surface area contributed by atoms with E-state index >= 15 is 0 Å². The monoisotopic (exact) mass is 329 g/mol. The molecule has 3 heterocycles. The van der Waals surface area contributed by atoms with Crippen molar-refractivity contribution in [2.75, 3.05) is 18.8 Å². The Morgan fingerprint density at radius 2 is 2.14 bits per heavy atom. The summed E-state index contributed by atoms with van der Waals surface area (Å²) >= 11 is 3.51. The van der Waals surface area contributed by atoms with Crippen LogP contribution in [0.25, 0.3) is 20.8 Å². The maximum absolute atomic E-state index is 6.36. The van der Waals surface area contributed by atoms with Crippen molar-refractivity contribution in [2.24, 2.45) is 0 Å². The van der Waals surface area contributed by atoms with E-state index in [4.69, 9.17) is 10.7 Å². The van der Waals surface area contributed by atoms with Crippen LogP contribution in [-0.4, -0.2) is 23.0 Å². The number of benzene rings is 1. The number of anilines is 1. The van der Waals surface area contributed by atoms with Crippen molar-refractivity contribution in [3.63, 3.8) is 0 Å². The lowest BCUT2D eigenvalue weighted by Gasteiger charge is -2.26. The summed E-state index contributed by atoms with van der Waals surface area (Å²) < 4.78 is 1.24. The van der Waals surface area contributed by atoms with Crippen LogP contribution in [0.1, 0.15) is 23.8 Å². The SMILES string of the molecule is CCCN1CCc2c(sc(N)c2-c2nc3ccccc3s2)C1. The second kappa shape index (κ2) is 5.65. The molecule has 0 radical (unpaired) electrons. The third kappa shape index (κ3) is 2.33. The second-order valence-corrected chi connectivity index (χ2v) is 7.92. The van der Waals surface area contributed by atoms with Gasteiger partial charge in [0.25, 0.3) is 0 Å². The number of aromatic nitrogens is 1. The third-order valence-electron chi connectivity index (χ3n) is 4.21. The third-order valence-corrected chi connectivity index (χ3v) is 6.31. The number of thiazole rings is 1. The molecule has 114 valence electrons. The minimum absolute atomic E-state index is 0.933. The Morgan fingerprint density at radius 1 is 1.27 bits per heavy atom. The van der Waals surface area contributed by atoms with Gasteiger partial charge in [0, 0.05) is 23.5 Å². The van der Waals surface area contributed by atoms with E-state index in [1.807, 2.05) is 6.07 Å². The molecule has 1 aliphatic heterocycles. The van der Waals surface area contributed by atoms with Crippen LogP contribution < -0.4 is 5.73 Å². The lowest BCUT2D eigenvalue weighted by molar-refractivity contribution is 0.258. The Labute approximate surface area is 138 Å². The Balaban J connectivity index is 1.77. The number of rotatable bonds is 3. The van der Waals surface area contributed by atoms with Gasteiger partial charge in [-0.2, -0.15) is 0 Å². The summed E-state index contributed by atoms with van der Waals surface area (Å²) in [5, 5.41) is 2.02. The lowest BCUT2D eigenvalue weighted by Crippen LogP contribution is -2.30. The largest absolute Gasteiger partial charge is 0.390 e. The van der Waals surface area contributed by atoms with E-state index in [0.29, 0.717) is 0 Å². The van der Waals surface area contributed by atoms with Gasteiger partial charge < -0.3 is 5.73 Å². The molecule has 1 aliphatic rings. The second-order valence-electron chi connectivity index (χ2n) is 5.76. The lowest BCUT2D eigenvalue weighted by atomic mass is 10.0. The van der Waals surface area contributed by atoms with Gasteiger partial charge in [0.05, 0.1) is 15.2 Å². The molecule has 2 aromatic heterocycles. The average molecular weight is 329 g/mol. The summed E-state index contributed by atoms with van der Waals surface area (Å²) in [5.41, 5.74) is 10.1. The minimum atomic E-state index is 0.933. The van der Waals surface area contributed by atoms with Crippen LogP contribution >= 0.6 is 22.7 Å². The van der Waals surface area contributed by atoms with Crippen molar-refractivity contribution < 1.29 is 0 Å². The van der Waals surface area contributed by atoms with E-state index in [0.717, 1.165) is 35.0 Å². The van der Waals surface area contributed by atoms with Gasteiger partial charge in [-0.25, -0.2) is 4.98 Å². The van der Waals surface area contributed by atoms with Crippen molar-refractivity contribution in [2.45, 2.75) is 26.3 Å². The Hall–Kier alpha value is -1.43. The molecule has 0 atom stereocenters. The zero-order valence-electron chi connectivity index (χ0n) is 12.6. The summed E-state index contributed by atoms with van der Waals surface area (Å²) in [6.07, 6.45) is 2.30. The Kier molecular flexibility index (Phi) is 3.64. The van der Waals surface area contributed by atoms with Gasteiger partial charge in [0.15, 0.2) is 0 Å². The van der Waals surface area contributed by atoms with E-state index < -0.39 is 0 Å². The van der Waals surface area contributed by atoms with Crippen LogP contribution in [0.4, 0.5) is 5.00 Å². The highest BCUT2D eigenvalue weighted by atomic mass is 32.1. The Bertz CT molecular complexity index is 786. The number of hydrogen-bond donors (Lipinski definition) is 1. The normalized spacial score (nSPS) is 15.3. The summed E-state index contributed by atoms with van der Waals surface area (Å²) in [6, 6.07) is 8.32. The summed E-state index contributed by atoms with van der Waals surface area (Å²) in [4.78, 5) is 8.78.